The monoisotopic (exact) mass is 519 g/mol. The number of rotatable bonds is 6. The van der Waals surface area contributed by atoms with Crippen LogP contribution >= 0.6 is 15.9 Å². The smallest absolute Gasteiger partial charge is 0.270 e. The topological polar surface area (TPSA) is 82.5 Å². The van der Waals surface area contributed by atoms with Crippen LogP contribution in [0.1, 0.15) is 74.1 Å². The molecule has 2 N–H and O–H groups in total. The van der Waals surface area contributed by atoms with Crippen molar-refractivity contribution in [3.63, 3.8) is 0 Å². The molecule has 6 nitrogen and oxygen atoms in total. The van der Waals surface area contributed by atoms with Crippen LogP contribution in [0.3, 0.4) is 0 Å². The van der Waals surface area contributed by atoms with Gasteiger partial charge in [-0.05, 0) is 70.2 Å². The van der Waals surface area contributed by atoms with E-state index in [1.807, 2.05) is 55.4 Å². The first-order chi connectivity index (χ1) is 15.2. The second kappa shape index (κ2) is 9.33. The first-order valence-corrected chi connectivity index (χ1v) is 13.0. The van der Waals surface area contributed by atoms with Gasteiger partial charge in [-0.1, -0.05) is 28.1 Å². The van der Waals surface area contributed by atoms with Crippen molar-refractivity contribution in [1.82, 2.24) is 14.6 Å². The van der Waals surface area contributed by atoms with E-state index in [2.05, 4.69) is 21.2 Å². The molecule has 1 aromatic heterocycles. The van der Waals surface area contributed by atoms with Crippen LogP contribution in [0, 0.1) is 0 Å². The molecule has 0 bridgehead atoms. The fourth-order valence-electron chi connectivity index (χ4n) is 4.25. The minimum atomic E-state index is -1.27. The van der Waals surface area contributed by atoms with Crippen molar-refractivity contribution in [2.75, 3.05) is 6.61 Å². The summed E-state index contributed by atoms with van der Waals surface area (Å²) < 4.78 is 15.8. The van der Waals surface area contributed by atoms with Gasteiger partial charge in [0.2, 0.25) is 0 Å². The summed E-state index contributed by atoms with van der Waals surface area (Å²) in [5.74, 6) is -0.164. The lowest BCUT2D eigenvalue weighted by molar-refractivity contribution is 0.0912. The molecule has 0 spiro atoms. The number of aliphatic hydroxyl groups is 1. The molecule has 32 heavy (non-hydrogen) atoms. The van der Waals surface area contributed by atoms with Crippen molar-refractivity contribution in [3.05, 3.63) is 51.6 Å². The molecule has 4 rings (SSSR count). The minimum absolute atomic E-state index is 0.0240. The van der Waals surface area contributed by atoms with Crippen molar-refractivity contribution in [3.8, 4) is 11.3 Å². The highest BCUT2D eigenvalue weighted by Gasteiger charge is 2.40. The second-order valence-electron chi connectivity index (χ2n) is 9.51. The third-order valence-electron chi connectivity index (χ3n) is 6.06. The van der Waals surface area contributed by atoms with E-state index < -0.39 is 15.7 Å². The van der Waals surface area contributed by atoms with Gasteiger partial charge in [-0.25, -0.2) is 13.5 Å². The first-order valence-electron chi connectivity index (χ1n) is 11.1. The molecule has 2 aromatic rings. The fraction of sp³-hybridized carbons (Fsp3) is 0.500. The molecule has 1 aromatic carbocycles. The highest BCUT2D eigenvalue weighted by molar-refractivity contribution is 9.10. The Labute approximate surface area is 200 Å². The maximum Gasteiger partial charge on any atom is 0.270 e. The standard InChI is InChI=1S/C24H30BrN3O3S/c1-24(2,3)32(31)28-14-16-13-19(23(30)26-18-8-5-9-18)27-22(21(16)20(28)10-11-29)15-6-4-7-17(25)12-15/h4,6-7,12-13,18,20,29H,5,8-11,14H2,1-3H3,(H,26,30)/t20-,32-/m1/s1. The fourth-order valence-corrected chi connectivity index (χ4v) is 6.05. The van der Waals surface area contributed by atoms with Crippen LogP contribution in [0.2, 0.25) is 0 Å². The number of nitrogens with zero attached hydrogens (tertiary/aromatic N) is 2. The molecule has 8 heteroatoms. The quantitative estimate of drug-likeness (QED) is 0.588. The summed E-state index contributed by atoms with van der Waals surface area (Å²) in [6.07, 6.45) is 3.60. The van der Waals surface area contributed by atoms with Gasteiger partial charge in [0.1, 0.15) is 16.7 Å². The molecule has 2 atom stereocenters. The second-order valence-corrected chi connectivity index (χ2v) is 12.6. The summed E-state index contributed by atoms with van der Waals surface area (Å²) in [6.45, 7) is 6.29. The number of pyridine rings is 1. The van der Waals surface area contributed by atoms with E-state index in [0.29, 0.717) is 18.7 Å². The van der Waals surface area contributed by atoms with E-state index in [9.17, 15) is 14.1 Å². The van der Waals surface area contributed by atoms with Gasteiger partial charge in [0, 0.05) is 34.8 Å². The van der Waals surface area contributed by atoms with Crippen LogP contribution in [0.5, 0.6) is 0 Å². The maximum atomic E-state index is 13.4. The average Bonchev–Trinajstić information content (AvgIpc) is 3.07. The Morgan fingerprint density at radius 3 is 2.66 bits per heavy atom. The van der Waals surface area contributed by atoms with Gasteiger partial charge in [-0.3, -0.25) is 4.79 Å². The number of fused-ring (bicyclic) bond motifs is 1. The van der Waals surface area contributed by atoms with Crippen molar-refractivity contribution in [2.24, 2.45) is 0 Å². The van der Waals surface area contributed by atoms with Crippen LogP contribution in [-0.2, 0) is 17.5 Å². The molecular formula is C24H30BrN3O3S. The third-order valence-corrected chi connectivity index (χ3v) is 8.41. The summed E-state index contributed by atoms with van der Waals surface area (Å²) in [5, 5.41) is 12.9. The Morgan fingerprint density at radius 2 is 2.06 bits per heavy atom. The predicted octanol–water partition coefficient (Wildman–Crippen LogP) is 4.49. The number of aliphatic hydroxyl groups excluding tert-OH is 1. The van der Waals surface area contributed by atoms with E-state index in [1.165, 1.54) is 0 Å². The van der Waals surface area contributed by atoms with Crippen molar-refractivity contribution >= 4 is 32.8 Å². The molecule has 2 heterocycles. The van der Waals surface area contributed by atoms with Gasteiger partial charge in [0.15, 0.2) is 0 Å². The lowest BCUT2D eigenvalue weighted by Gasteiger charge is -2.30. The molecule has 0 radical (unpaired) electrons. The third kappa shape index (κ3) is 4.69. The summed E-state index contributed by atoms with van der Waals surface area (Å²) in [4.78, 5) is 17.8. The molecule has 1 amide bonds. The number of benzene rings is 1. The van der Waals surface area contributed by atoms with Crippen molar-refractivity contribution in [2.45, 2.75) is 69.8 Å². The number of hydrogen-bond donors (Lipinski definition) is 2. The molecule has 0 saturated heterocycles. The molecule has 1 aliphatic heterocycles. The molecule has 1 fully saturated rings. The minimum Gasteiger partial charge on any atom is -0.396 e. The molecular weight excluding hydrogens is 490 g/mol. The summed E-state index contributed by atoms with van der Waals surface area (Å²) in [5.41, 5.74) is 3.89. The van der Waals surface area contributed by atoms with Crippen molar-refractivity contribution in [1.29, 1.82) is 0 Å². The Morgan fingerprint density at radius 1 is 1.31 bits per heavy atom. The Kier molecular flexibility index (Phi) is 6.86. The molecule has 2 aliphatic rings. The van der Waals surface area contributed by atoms with E-state index >= 15 is 0 Å². The van der Waals surface area contributed by atoms with Crippen LogP contribution in [-0.4, -0.2) is 41.9 Å². The summed E-state index contributed by atoms with van der Waals surface area (Å²) in [6, 6.07) is 9.67. The number of nitrogens with one attached hydrogen (secondary N) is 1. The molecule has 172 valence electrons. The zero-order valence-corrected chi connectivity index (χ0v) is 21.1. The number of carbonyl (C=O) groups is 1. The zero-order valence-electron chi connectivity index (χ0n) is 18.7. The molecule has 1 saturated carbocycles. The van der Waals surface area contributed by atoms with Gasteiger partial charge >= 0.3 is 0 Å². The van der Waals surface area contributed by atoms with Crippen LogP contribution in [0.25, 0.3) is 11.3 Å². The van der Waals surface area contributed by atoms with Crippen LogP contribution < -0.4 is 5.32 Å². The van der Waals surface area contributed by atoms with Crippen LogP contribution in [0.15, 0.2) is 34.8 Å². The zero-order chi connectivity index (χ0) is 23.0. The average molecular weight is 520 g/mol. The van der Waals surface area contributed by atoms with Crippen LogP contribution in [0.4, 0.5) is 0 Å². The van der Waals surface area contributed by atoms with Gasteiger partial charge in [0.05, 0.1) is 16.5 Å². The first kappa shape index (κ1) is 23.5. The van der Waals surface area contributed by atoms with E-state index in [1.54, 1.807) is 0 Å². The Bertz CT molecular complexity index is 1050. The normalized spacial score (nSPS) is 20.0. The number of amides is 1. The SMILES string of the molecule is CC(C)(C)[S@@](=O)N1Cc2cc(C(=O)NC3CCC3)nc(-c3cccc(Br)c3)c2[C@H]1CCO. The van der Waals surface area contributed by atoms with Gasteiger partial charge in [-0.15, -0.1) is 0 Å². The Hall–Kier alpha value is -1.61. The summed E-state index contributed by atoms with van der Waals surface area (Å²) in [7, 11) is -1.27. The highest BCUT2D eigenvalue weighted by atomic mass is 79.9. The molecule has 1 aliphatic carbocycles. The van der Waals surface area contributed by atoms with Crippen molar-refractivity contribution < 1.29 is 14.1 Å². The lowest BCUT2D eigenvalue weighted by atomic mass is 9.93. The highest BCUT2D eigenvalue weighted by Crippen LogP contribution is 2.44. The van der Waals surface area contributed by atoms with Gasteiger partial charge < -0.3 is 10.4 Å². The lowest BCUT2D eigenvalue weighted by Crippen LogP contribution is -2.39. The number of halogens is 1. The Balaban J connectivity index is 1.83. The molecule has 0 unspecified atom stereocenters. The van der Waals surface area contributed by atoms with E-state index in [0.717, 1.165) is 46.1 Å². The predicted molar refractivity (Wildman–Crippen MR) is 130 cm³/mol. The number of hydrogen-bond acceptors (Lipinski definition) is 4. The van der Waals surface area contributed by atoms with E-state index in [4.69, 9.17) is 4.98 Å². The van der Waals surface area contributed by atoms with E-state index in [-0.39, 0.29) is 24.6 Å². The number of aromatic nitrogens is 1. The van der Waals surface area contributed by atoms with Gasteiger partial charge in [-0.2, -0.15) is 0 Å². The largest absolute Gasteiger partial charge is 0.396 e. The summed E-state index contributed by atoms with van der Waals surface area (Å²) >= 11 is 3.54. The number of carbonyl (C=O) groups excluding carboxylic acids is 1. The van der Waals surface area contributed by atoms with Gasteiger partial charge in [0.25, 0.3) is 5.91 Å². The maximum absolute atomic E-state index is 13.4.